The first-order valence-corrected chi connectivity index (χ1v) is 3.55. The highest BCUT2D eigenvalue weighted by Crippen LogP contribution is 2.18. The lowest BCUT2D eigenvalue weighted by atomic mass is 10.2. The van der Waals surface area contributed by atoms with Crippen molar-refractivity contribution in [2.24, 2.45) is 5.73 Å². The Labute approximate surface area is 80.1 Å². The van der Waals surface area contributed by atoms with Crippen molar-refractivity contribution >= 4 is 23.4 Å². The van der Waals surface area contributed by atoms with Crippen molar-refractivity contribution in [2.45, 2.75) is 6.54 Å². The van der Waals surface area contributed by atoms with E-state index in [0.29, 0.717) is 17.8 Å². The molecule has 0 spiro atoms. The van der Waals surface area contributed by atoms with Gasteiger partial charge in [-0.1, -0.05) is 5.16 Å². The van der Waals surface area contributed by atoms with Gasteiger partial charge in [-0.2, -0.15) is 0 Å². The predicted molar refractivity (Wildman–Crippen MR) is 49.1 cm³/mol. The molecule has 2 aromatic rings. The summed E-state index contributed by atoms with van der Waals surface area (Å²) in [4.78, 5) is 0. The van der Waals surface area contributed by atoms with Gasteiger partial charge in [-0.3, -0.25) is 0 Å². The molecule has 1 aromatic carbocycles. The summed E-state index contributed by atoms with van der Waals surface area (Å²) in [6.45, 7) is 0.304. The van der Waals surface area contributed by atoms with Crippen LogP contribution in [-0.2, 0) is 6.54 Å². The van der Waals surface area contributed by atoms with Crippen LogP contribution in [0.3, 0.4) is 0 Å². The average Bonchev–Trinajstić information content (AvgIpc) is 2.46. The molecule has 70 valence electrons. The molecule has 0 radical (unpaired) electrons. The van der Waals surface area contributed by atoms with E-state index in [0.717, 1.165) is 5.39 Å². The molecular weight excluding hydrogens is 195 g/mol. The van der Waals surface area contributed by atoms with Crippen LogP contribution in [0.25, 0.3) is 11.0 Å². The lowest BCUT2D eigenvalue weighted by Gasteiger charge is -1.88. The summed E-state index contributed by atoms with van der Waals surface area (Å²) < 4.78 is 17.5. The Hall–Kier alpha value is -1.13. The van der Waals surface area contributed by atoms with E-state index < -0.39 is 0 Å². The summed E-state index contributed by atoms with van der Waals surface area (Å²) >= 11 is 0. The van der Waals surface area contributed by atoms with Gasteiger partial charge in [-0.25, -0.2) is 4.39 Å². The van der Waals surface area contributed by atoms with Gasteiger partial charge in [0.05, 0.1) is 0 Å². The van der Waals surface area contributed by atoms with Crippen molar-refractivity contribution < 1.29 is 8.91 Å². The zero-order valence-corrected chi connectivity index (χ0v) is 7.47. The van der Waals surface area contributed by atoms with E-state index in [-0.39, 0.29) is 18.2 Å². The fraction of sp³-hybridized carbons (Fsp3) is 0.125. The summed E-state index contributed by atoms with van der Waals surface area (Å²) in [6.07, 6.45) is 0. The predicted octanol–water partition coefficient (Wildman–Crippen LogP) is 1.85. The standard InChI is InChI=1S/C8H7FN2O.ClH/c9-5-1-2-6-7(4-10)11-12-8(6)3-5;/h1-3H,4,10H2;1H. The molecule has 0 amide bonds. The Bertz CT molecular complexity index is 415. The lowest BCUT2D eigenvalue weighted by molar-refractivity contribution is 0.445. The van der Waals surface area contributed by atoms with Crippen molar-refractivity contribution in [1.29, 1.82) is 0 Å². The van der Waals surface area contributed by atoms with Crippen molar-refractivity contribution in [3.63, 3.8) is 0 Å². The van der Waals surface area contributed by atoms with E-state index >= 15 is 0 Å². The van der Waals surface area contributed by atoms with E-state index in [1.807, 2.05) is 0 Å². The Morgan fingerprint density at radius 3 is 2.92 bits per heavy atom. The van der Waals surface area contributed by atoms with Gasteiger partial charge in [-0.15, -0.1) is 12.4 Å². The first-order chi connectivity index (χ1) is 5.81. The van der Waals surface area contributed by atoms with Gasteiger partial charge < -0.3 is 10.3 Å². The molecule has 0 saturated carbocycles. The van der Waals surface area contributed by atoms with Crippen LogP contribution in [0.2, 0.25) is 0 Å². The maximum Gasteiger partial charge on any atom is 0.170 e. The van der Waals surface area contributed by atoms with E-state index in [1.165, 1.54) is 12.1 Å². The molecule has 0 fully saturated rings. The molecule has 0 aliphatic carbocycles. The number of nitrogens with zero attached hydrogens (tertiary/aromatic N) is 1. The molecule has 0 aliphatic heterocycles. The van der Waals surface area contributed by atoms with Crippen LogP contribution in [0.15, 0.2) is 22.7 Å². The van der Waals surface area contributed by atoms with Crippen LogP contribution in [0.1, 0.15) is 5.69 Å². The van der Waals surface area contributed by atoms with Crippen molar-refractivity contribution in [2.75, 3.05) is 0 Å². The highest BCUT2D eigenvalue weighted by atomic mass is 35.5. The van der Waals surface area contributed by atoms with Gasteiger partial charge in [0, 0.05) is 18.0 Å². The monoisotopic (exact) mass is 202 g/mol. The SMILES string of the molecule is Cl.NCc1noc2cc(F)ccc12. The molecule has 3 nitrogen and oxygen atoms in total. The van der Waals surface area contributed by atoms with Crippen molar-refractivity contribution in [3.05, 3.63) is 29.7 Å². The Balaban J connectivity index is 0.000000845. The van der Waals surface area contributed by atoms with Gasteiger partial charge in [0.2, 0.25) is 0 Å². The van der Waals surface area contributed by atoms with Gasteiger partial charge >= 0.3 is 0 Å². The Morgan fingerprint density at radius 2 is 2.23 bits per heavy atom. The molecule has 0 unspecified atom stereocenters. The number of fused-ring (bicyclic) bond motifs is 1. The summed E-state index contributed by atoms with van der Waals surface area (Å²) in [7, 11) is 0. The molecule has 0 saturated heterocycles. The molecule has 0 bridgehead atoms. The molecule has 2 rings (SSSR count). The second-order valence-corrected chi connectivity index (χ2v) is 2.47. The first-order valence-electron chi connectivity index (χ1n) is 3.55. The number of benzene rings is 1. The number of nitrogens with two attached hydrogens (primary N) is 1. The highest BCUT2D eigenvalue weighted by Gasteiger charge is 2.06. The second-order valence-electron chi connectivity index (χ2n) is 2.47. The molecule has 0 aliphatic rings. The van der Waals surface area contributed by atoms with Crippen LogP contribution in [0.4, 0.5) is 4.39 Å². The summed E-state index contributed by atoms with van der Waals surface area (Å²) in [5, 5.41) is 4.46. The highest BCUT2D eigenvalue weighted by molar-refractivity contribution is 5.85. The lowest BCUT2D eigenvalue weighted by Crippen LogP contribution is -1.96. The third-order valence-electron chi connectivity index (χ3n) is 1.70. The Morgan fingerprint density at radius 1 is 1.46 bits per heavy atom. The van der Waals surface area contributed by atoms with E-state index in [4.69, 9.17) is 10.3 Å². The normalized spacial score (nSPS) is 10.0. The van der Waals surface area contributed by atoms with Gasteiger partial charge in [-0.05, 0) is 12.1 Å². The first kappa shape index (κ1) is 9.95. The molecule has 2 N–H and O–H groups in total. The third kappa shape index (κ3) is 1.64. The molecular formula is C8H8ClFN2O. The zero-order valence-electron chi connectivity index (χ0n) is 6.66. The summed E-state index contributed by atoms with van der Waals surface area (Å²) in [5.74, 6) is -0.331. The van der Waals surface area contributed by atoms with E-state index in [2.05, 4.69) is 5.16 Å². The molecule has 1 heterocycles. The van der Waals surface area contributed by atoms with Crippen molar-refractivity contribution in [1.82, 2.24) is 5.16 Å². The molecule has 5 heteroatoms. The number of aromatic nitrogens is 1. The van der Waals surface area contributed by atoms with E-state index in [9.17, 15) is 4.39 Å². The average molecular weight is 203 g/mol. The largest absolute Gasteiger partial charge is 0.356 e. The minimum absolute atomic E-state index is 0. The summed E-state index contributed by atoms with van der Waals surface area (Å²) in [6, 6.07) is 4.27. The van der Waals surface area contributed by atoms with Gasteiger partial charge in [0.1, 0.15) is 11.5 Å². The van der Waals surface area contributed by atoms with E-state index in [1.54, 1.807) is 6.07 Å². The maximum atomic E-state index is 12.6. The quantitative estimate of drug-likeness (QED) is 0.768. The minimum atomic E-state index is -0.331. The topological polar surface area (TPSA) is 52.0 Å². The zero-order chi connectivity index (χ0) is 8.55. The molecule has 13 heavy (non-hydrogen) atoms. The third-order valence-corrected chi connectivity index (χ3v) is 1.70. The molecule has 1 aromatic heterocycles. The fourth-order valence-electron chi connectivity index (χ4n) is 1.11. The number of halogens is 2. The summed E-state index contributed by atoms with van der Waals surface area (Å²) in [5.41, 5.74) is 6.48. The number of rotatable bonds is 1. The minimum Gasteiger partial charge on any atom is -0.356 e. The number of hydrogen-bond donors (Lipinski definition) is 1. The van der Waals surface area contributed by atoms with Gasteiger partial charge in [0.25, 0.3) is 0 Å². The van der Waals surface area contributed by atoms with Gasteiger partial charge in [0.15, 0.2) is 5.58 Å². The smallest absolute Gasteiger partial charge is 0.170 e. The van der Waals surface area contributed by atoms with Crippen LogP contribution in [0, 0.1) is 5.82 Å². The Kier molecular flexibility index (Phi) is 2.85. The maximum absolute atomic E-state index is 12.6. The second kappa shape index (κ2) is 3.72. The van der Waals surface area contributed by atoms with Crippen LogP contribution in [0.5, 0.6) is 0 Å². The van der Waals surface area contributed by atoms with Crippen molar-refractivity contribution in [3.8, 4) is 0 Å². The van der Waals surface area contributed by atoms with Crippen LogP contribution >= 0.6 is 12.4 Å². The van der Waals surface area contributed by atoms with Crippen LogP contribution in [-0.4, -0.2) is 5.16 Å². The van der Waals surface area contributed by atoms with Crippen LogP contribution < -0.4 is 5.73 Å². The number of hydrogen-bond acceptors (Lipinski definition) is 3. The molecule has 0 atom stereocenters. The fourth-order valence-corrected chi connectivity index (χ4v) is 1.11.